The van der Waals surface area contributed by atoms with Gasteiger partial charge in [-0.15, -0.1) is 0 Å². The summed E-state index contributed by atoms with van der Waals surface area (Å²) in [6.45, 7) is 3.46. The largest absolute Gasteiger partial charge is 0.412 e. The molecule has 3 N–H and O–H groups in total. The van der Waals surface area contributed by atoms with Crippen molar-refractivity contribution in [3.05, 3.63) is 0 Å². The lowest BCUT2D eigenvalue weighted by Gasteiger charge is -1.97. The van der Waals surface area contributed by atoms with Crippen molar-refractivity contribution in [3.8, 4) is 0 Å². The van der Waals surface area contributed by atoms with Crippen molar-refractivity contribution >= 4 is 10.1 Å². The molecule has 4 nitrogen and oxygen atoms in total. The minimum Gasteiger partial charge on any atom is -0.412 e. The first kappa shape index (κ1) is 11.6. The van der Waals surface area contributed by atoms with Crippen molar-refractivity contribution in [2.75, 3.05) is 5.75 Å². The Morgan fingerprint density at radius 1 is 1.44 bits per heavy atom. The molecule has 0 atom stereocenters. The third kappa shape index (κ3) is 11.4. The molecule has 0 radical (unpaired) electrons. The lowest BCUT2D eigenvalue weighted by Crippen LogP contribution is -2.09. The average Bonchev–Trinajstić information content (AvgIpc) is 1.21. The third-order valence-electron chi connectivity index (χ3n) is 0.544. The average molecular weight is 156 g/mol. The highest BCUT2D eigenvalue weighted by Crippen LogP contribution is 1.95. The van der Waals surface area contributed by atoms with Crippen LogP contribution in [0.4, 0.5) is 0 Å². The topological polar surface area (TPSA) is 85.9 Å². The summed E-state index contributed by atoms with van der Waals surface area (Å²) in [6, 6.07) is 0. The van der Waals surface area contributed by atoms with Gasteiger partial charge < -0.3 is 5.48 Å². The molecule has 0 rings (SSSR count). The van der Waals surface area contributed by atoms with Crippen LogP contribution in [0.15, 0.2) is 0 Å². The number of rotatable bonds is 2. The van der Waals surface area contributed by atoms with Gasteiger partial charge in [-0.25, -0.2) is 0 Å². The summed E-state index contributed by atoms with van der Waals surface area (Å²) in [5.74, 6) is -0.141. The zero-order chi connectivity index (χ0) is 6.78. The predicted molar refractivity (Wildman–Crippen MR) is 34.9 cm³/mol. The van der Waals surface area contributed by atoms with Crippen molar-refractivity contribution in [1.29, 1.82) is 0 Å². The van der Waals surface area contributed by atoms with Gasteiger partial charge in [-0.3, -0.25) is 4.55 Å². The molecule has 0 aromatic heterocycles. The van der Waals surface area contributed by atoms with Crippen LogP contribution in [0.5, 0.6) is 0 Å². The zero-order valence-corrected chi connectivity index (χ0v) is 6.27. The highest BCUT2D eigenvalue weighted by Gasteiger charge is 2.05. The van der Waals surface area contributed by atoms with Gasteiger partial charge in [0.25, 0.3) is 10.1 Å². The fraction of sp³-hybridized carbons (Fsp3) is 1.00. The SMILES string of the molecule is CC(C)CS(=O)(=O)O.O. The molecular weight excluding hydrogens is 144 g/mol. The molecule has 0 fully saturated rings. The van der Waals surface area contributed by atoms with Crippen molar-refractivity contribution < 1.29 is 18.4 Å². The maximum Gasteiger partial charge on any atom is 0.265 e. The molecule has 0 unspecified atom stereocenters. The van der Waals surface area contributed by atoms with Crippen LogP contribution in [0, 0.1) is 5.92 Å². The predicted octanol–water partition coefficient (Wildman–Crippen LogP) is -0.294. The smallest absolute Gasteiger partial charge is 0.265 e. The Morgan fingerprint density at radius 2 is 1.78 bits per heavy atom. The van der Waals surface area contributed by atoms with Crippen LogP contribution in [0.1, 0.15) is 13.8 Å². The van der Waals surface area contributed by atoms with Crippen LogP contribution in [0.25, 0.3) is 0 Å². The van der Waals surface area contributed by atoms with Crippen LogP contribution in [0.2, 0.25) is 0 Å². The summed E-state index contributed by atoms with van der Waals surface area (Å²) in [7, 11) is -3.72. The monoisotopic (exact) mass is 156 g/mol. The van der Waals surface area contributed by atoms with Crippen molar-refractivity contribution in [2.45, 2.75) is 13.8 Å². The van der Waals surface area contributed by atoms with Gasteiger partial charge in [0, 0.05) is 0 Å². The second-order valence-corrected chi connectivity index (χ2v) is 3.64. The van der Waals surface area contributed by atoms with Gasteiger partial charge >= 0.3 is 0 Å². The molecule has 0 bridgehead atoms. The van der Waals surface area contributed by atoms with E-state index < -0.39 is 10.1 Å². The summed E-state index contributed by atoms with van der Waals surface area (Å²) < 4.78 is 28.2. The van der Waals surface area contributed by atoms with Crippen LogP contribution >= 0.6 is 0 Å². The van der Waals surface area contributed by atoms with E-state index in [-0.39, 0.29) is 17.1 Å². The summed E-state index contributed by atoms with van der Waals surface area (Å²) in [4.78, 5) is 0. The number of hydrogen-bond donors (Lipinski definition) is 1. The Balaban J connectivity index is 0. The van der Waals surface area contributed by atoms with E-state index in [1.165, 1.54) is 0 Å². The van der Waals surface area contributed by atoms with Crippen molar-refractivity contribution in [1.82, 2.24) is 0 Å². The molecule has 0 heterocycles. The Hall–Kier alpha value is -0.130. The van der Waals surface area contributed by atoms with Crippen LogP contribution in [-0.4, -0.2) is 24.2 Å². The molecule has 0 saturated heterocycles. The first-order valence-electron chi connectivity index (χ1n) is 2.37. The Kier molecular flexibility index (Phi) is 4.93. The van der Waals surface area contributed by atoms with E-state index in [0.29, 0.717) is 0 Å². The lowest BCUT2D eigenvalue weighted by atomic mass is 10.3. The Morgan fingerprint density at radius 3 is 1.78 bits per heavy atom. The van der Waals surface area contributed by atoms with E-state index in [1.54, 1.807) is 13.8 Å². The van der Waals surface area contributed by atoms with E-state index in [2.05, 4.69) is 0 Å². The normalized spacial score (nSPS) is 11.1. The fourth-order valence-electron chi connectivity index (χ4n) is 0.421. The van der Waals surface area contributed by atoms with Gasteiger partial charge in [0.2, 0.25) is 0 Å². The van der Waals surface area contributed by atoms with E-state index in [0.717, 1.165) is 0 Å². The summed E-state index contributed by atoms with van der Waals surface area (Å²) in [5.41, 5.74) is 0. The van der Waals surface area contributed by atoms with Gasteiger partial charge in [-0.2, -0.15) is 8.42 Å². The Bertz CT molecular complexity index is 146. The maximum absolute atomic E-state index is 10.00. The van der Waals surface area contributed by atoms with Crippen molar-refractivity contribution in [2.24, 2.45) is 5.92 Å². The maximum atomic E-state index is 10.00. The summed E-state index contributed by atoms with van der Waals surface area (Å²) in [6.07, 6.45) is 0. The quantitative estimate of drug-likeness (QED) is 0.557. The van der Waals surface area contributed by atoms with E-state index in [1.807, 2.05) is 0 Å². The molecule has 0 aromatic carbocycles. The second kappa shape index (κ2) is 3.81. The highest BCUT2D eigenvalue weighted by atomic mass is 32.2. The molecule has 58 valence electrons. The van der Waals surface area contributed by atoms with Crippen LogP contribution in [-0.2, 0) is 10.1 Å². The molecule has 0 aromatic rings. The molecule has 0 aliphatic rings. The minimum absolute atomic E-state index is 0. The molecular formula is C4H12O4S. The van der Waals surface area contributed by atoms with E-state index in [4.69, 9.17) is 4.55 Å². The van der Waals surface area contributed by atoms with Gasteiger partial charge in [0.15, 0.2) is 0 Å². The van der Waals surface area contributed by atoms with Crippen LogP contribution in [0.3, 0.4) is 0 Å². The fourth-order valence-corrected chi connectivity index (χ4v) is 1.26. The third-order valence-corrected chi connectivity index (χ3v) is 1.63. The lowest BCUT2D eigenvalue weighted by molar-refractivity contribution is 0.473. The van der Waals surface area contributed by atoms with E-state index >= 15 is 0 Å². The summed E-state index contributed by atoms with van der Waals surface area (Å²) >= 11 is 0. The standard InChI is InChI=1S/C4H10O3S.H2O/c1-4(2)3-8(5,6)7;/h4H,3H2,1-2H3,(H,5,6,7);1H2. The molecule has 0 aliphatic carbocycles. The first-order valence-corrected chi connectivity index (χ1v) is 3.98. The van der Waals surface area contributed by atoms with Gasteiger partial charge in [0.1, 0.15) is 0 Å². The van der Waals surface area contributed by atoms with Gasteiger partial charge in [-0.05, 0) is 5.92 Å². The zero-order valence-electron chi connectivity index (χ0n) is 5.46. The van der Waals surface area contributed by atoms with Crippen molar-refractivity contribution in [3.63, 3.8) is 0 Å². The minimum atomic E-state index is -3.72. The van der Waals surface area contributed by atoms with Gasteiger partial charge in [0.05, 0.1) is 5.75 Å². The highest BCUT2D eigenvalue weighted by molar-refractivity contribution is 7.85. The molecule has 0 aliphatic heterocycles. The molecule has 9 heavy (non-hydrogen) atoms. The summed E-state index contributed by atoms with van der Waals surface area (Å²) in [5, 5.41) is 0. The Labute approximate surface area is 54.9 Å². The van der Waals surface area contributed by atoms with Gasteiger partial charge in [-0.1, -0.05) is 13.8 Å². The number of hydrogen-bond acceptors (Lipinski definition) is 2. The first-order chi connectivity index (χ1) is 3.42. The molecule has 5 heteroatoms. The molecule has 0 spiro atoms. The van der Waals surface area contributed by atoms with E-state index in [9.17, 15) is 8.42 Å². The van der Waals surface area contributed by atoms with Crippen LogP contribution < -0.4 is 0 Å². The molecule has 0 amide bonds. The molecule has 0 saturated carbocycles. The second-order valence-electron chi connectivity index (χ2n) is 2.14.